The zero-order valence-electron chi connectivity index (χ0n) is 11.5. The highest BCUT2D eigenvalue weighted by Crippen LogP contribution is 2.14. The van der Waals surface area contributed by atoms with Crippen LogP contribution in [0.15, 0.2) is 67.0 Å². The first-order chi connectivity index (χ1) is 10.8. The minimum absolute atomic E-state index is 0.0822. The van der Waals surface area contributed by atoms with E-state index in [1.54, 1.807) is 42.6 Å². The molecule has 0 spiro atoms. The monoisotopic (exact) mass is 289 g/mol. The Morgan fingerprint density at radius 2 is 1.27 bits per heavy atom. The standard InChI is InChI=1S/C17H11N3O2/c21-16(14-7-2-4-11-19-14)17(22)15-9-5-8-13(20-15)12-6-1-3-10-18-12/h1-11H. The SMILES string of the molecule is O=C(C(=O)c1cccc(-c2ccccn2)n1)c1ccccn1. The van der Waals surface area contributed by atoms with Gasteiger partial charge in [-0.2, -0.15) is 0 Å². The lowest BCUT2D eigenvalue weighted by Crippen LogP contribution is -2.17. The minimum atomic E-state index is -0.684. The topological polar surface area (TPSA) is 72.8 Å². The summed E-state index contributed by atoms with van der Waals surface area (Å²) in [6.07, 6.45) is 3.11. The molecule has 0 aromatic carbocycles. The fraction of sp³-hybridized carbons (Fsp3) is 0. The van der Waals surface area contributed by atoms with Crippen LogP contribution in [0.4, 0.5) is 0 Å². The largest absolute Gasteiger partial charge is 0.283 e. The third-order valence-corrected chi connectivity index (χ3v) is 3.01. The van der Waals surface area contributed by atoms with Crippen LogP contribution in [0.25, 0.3) is 11.4 Å². The van der Waals surface area contributed by atoms with Crippen LogP contribution < -0.4 is 0 Å². The molecule has 5 nitrogen and oxygen atoms in total. The van der Waals surface area contributed by atoms with Gasteiger partial charge in [-0.1, -0.05) is 18.2 Å². The fourth-order valence-corrected chi connectivity index (χ4v) is 1.95. The summed E-state index contributed by atoms with van der Waals surface area (Å²) in [7, 11) is 0. The van der Waals surface area contributed by atoms with Crippen molar-refractivity contribution in [3.05, 3.63) is 78.4 Å². The Morgan fingerprint density at radius 3 is 1.95 bits per heavy atom. The van der Waals surface area contributed by atoms with Gasteiger partial charge >= 0.3 is 0 Å². The van der Waals surface area contributed by atoms with E-state index >= 15 is 0 Å². The summed E-state index contributed by atoms with van der Waals surface area (Å²) in [5.41, 5.74) is 1.37. The number of pyridine rings is 3. The number of hydrogen-bond donors (Lipinski definition) is 0. The zero-order valence-corrected chi connectivity index (χ0v) is 11.5. The van der Waals surface area contributed by atoms with Gasteiger partial charge in [0.2, 0.25) is 0 Å². The lowest BCUT2D eigenvalue weighted by atomic mass is 10.1. The maximum absolute atomic E-state index is 12.3. The van der Waals surface area contributed by atoms with Gasteiger partial charge in [0.15, 0.2) is 0 Å². The van der Waals surface area contributed by atoms with Crippen molar-refractivity contribution in [1.82, 2.24) is 15.0 Å². The molecule has 0 atom stereocenters. The number of hydrogen-bond acceptors (Lipinski definition) is 5. The second-order valence-electron chi connectivity index (χ2n) is 4.50. The predicted molar refractivity (Wildman–Crippen MR) is 80.4 cm³/mol. The van der Waals surface area contributed by atoms with Crippen LogP contribution in [-0.2, 0) is 0 Å². The first-order valence-corrected chi connectivity index (χ1v) is 6.64. The lowest BCUT2D eigenvalue weighted by molar-refractivity contribution is 0.0811. The Balaban J connectivity index is 1.93. The molecule has 0 aliphatic rings. The quantitative estimate of drug-likeness (QED) is 0.545. The van der Waals surface area contributed by atoms with E-state index in [-0.39, 0.29) is 11.4 Å². The van der Waals surface area contributed by atoms with Gasteiger partial charge in [-0.05, 0) is 36.4 Å². The van der Waals surface area contributed by atoms with Crippen molar-refractivity contribution in [2.24, 2.45) is 0 Å². The molecule has 0 aliphatic heterocycles. The molecule has 0 aliphatic carbocycles. The highest BCUT2D eigenvalue weighted by molar-refractivity contribution is 6.48. The van der Waals surface area contributed by atoms with Crippen LogP contribution in [0.1, 0.15) is 21.0 Å². The lowest BCUT2D eigenvalue weighted by Gasteiger charge is -2.03. The molecule has 5 heteroatoms. The van der Waals surface area contributed by atoms with Crippen LogP contribution >= 0.6 is 0 Å². The first-order valence-electron chi connectivity index (χ1n) is 6.64. The van der Waals surface area contributed by atoms with Crippen molar-refractivity contribution in [2.45, 2.75) is 0 Å². The number of rotatable bonds is 4. The number of carbonyl (C=O) groups is 2. The highest BCUT2D eigenvalue weighted by atomic mass is 16.2. The van der Waals surface area contributed by atoms with Gasteiger partial charge < -0.3 is 0 Å². The second kappa shape index (κ2) is 6.05. The van der Waals surface area contributed by atoms with Gasteiger partial charge in [0.1, 0.15) is 11.4 Å². The maximum atomic E-state index is 12.3. The zero-order chi connectivity index (χ0) is 15.4. The molecule has 3 heterocycles. The minimum Gasteiger partial charge on any atom is -0.283 e. The fourth-order valence-electron chi connectivity index (χ4n) is 1.95. The van der Waals surface area contributed by atoms with Crippen molar-refractivity contribution in [3.8, 4) is 11.4 Å². The molecular weight excluding hydrogens is 278 g/mol. The number of carbonyl (C=O) groups excluding carboxylic acids is 2. The Bertz CT molecular complexity index is 818. The first kappa shape index (κ1) is 13.8. The third-order valence-electron chi connectivity index (χ3n) is 3.01. The summed E-state index contributed by atoms with van der Waals surface area (Å²) in [6.45, 7) is 0. The Labute approximate surface area is 126 Å². The molecule has 0 bridgehead atoms. The number of nitrogens with zero attached hydrogens (tertiary/aromatic N) is 3. The molecule has 0 saturated carbocycles. The van der Waals surface area contributed by atoms with Crippen LogP contribution in [0.5, 0.6) is 0 Å². The molecule has 0 saturated heterocycles. The third kappa shape index (κ3) is 2.78. The Kier molecular flexibility index (Phi) is 3.78. The summed E-state index contributed by atoms with van der Waals surface area (Å²) in [4.78, 5) is 36.7. The van der Waals surface area contributed by atoms with Crippen LogP contribution in [0.2, 0.25) is 0 Å². The predicted octanol–water partition coefficient (Wildman–Crippen LogP) is 2.60. The summed E-state index contributed by atoms with van der Waals surface area (Å²) >= 11 is 0. The van der Waals surface area contributed by atoms with Gasteiger partial charge in [-0.15, -0.1) is 0 Å². The number of ketones is 2. The van der Waals surface area contributed by atoms with E-state index in [0.29, 0.717) is 11.4 Å². The molecule has 3 aromatic heterocycles. The van der Waals surface area contributed by atoms with E-state index in [4.69, 9.17) is 0 Å². The van der Waals surface area contributed by atoms with Crippen molar-refractivity contribution < 1.29 is 9.59 Å². The van der Waals surface area contributed by atoms with Crippen molar-refractivity contribution in [3.63, 3.8) is 0 Å². The molecular formula is C17H11N3O2. The van der Waals surface area contributed by atoms with Gasteiger partial charge in [0, 0.05) is 12.4 Å². The van der Waals surface area contributed by atoms with Crippen molar-refractivity contribution in [2.75, 3.05) is 0 Å². The van der Waals surface area contributed by atoms with Gasteiger partial charge in [0.05, 0.1) is 11.4 Å². The number of Topliss-reactive ketones (excluding diaryl/α,β-unsaturated/α-hetero) is 2. The van der Waals surface area contributed by atoms with E-state index in [0.717, 1.165) is 0 Å². The van der Waals surface area contributed by atoms with Crippen molar-refractivity contribution in [1.29, 1.82) is 0 Å². The van der Waals surface area contributed by atoms with Crippen molar-refractivity contribution >= 4 is 11.6 Å². The highest BCUT2D eigenvalue weighted by Gasteiger charge is 2.21. The molecule has 0 fully saturated rings. The molecule has 0 unspecified atom stereocenters. The summed E-state index contributed by atoms with van der Waals surface area (Å²) in [5.74, 6) is -1.36. The van der Waals surface area contributed by atoms with E-state index in [9.17, 15) is 9.59 Å². The summed E-state index contributed by atoms with van der Waals surface area (Å²) < 4.78 is 0. The van der Waals surface area contributed by atoms with E-state index < -0.39 is 11.6 Å². The Morgan fingerprint density at radius 1 is 0.636 bits per heavy atom. The molecule has 0 amide bonds. The summed E-state index contributed by atoms with van der Waals surface area (Å²) in [5, 5.41) is 0. The molecule has 22 heavy (non-hydrogen) atoms. The Hall–Kier alpha value is -3.21. The molecule has 106 valence electrons. The van der Waals surface area contributed by atoms with Crippen LogP contribution in [0, 0.1) is 0 Å². The average Bonchev–Trinajstić information content (AvgIpc) is 2.62. The normalized spacial score (nSPS) is 10.2. The average molecular weight is 289 g/mol. The smallest absolute Gasteiger partial charge is 0.253 e. The molecule has 0 radical (unpaired) electrons. The maximum Gasteiger partial charge on any atom is 0.253 e. The second-order valence-corrected chi connectivity index (χ2v) is 4.50. The van der Waals surface area contributed by atoms with Gasteiger partial charge in [-0.3, -0.25) is 19.6 Å². The molecule has 3 aromatic rings. The molecule has 0 N–H and O–H groups in total. The van der Waals surface area contributed by atoms with Gasteiger partial charge in [-0.25, -0.2) is 4.98 Å². The van der Waals surface area contributed by atoms with E-state index in [2.05, 4.69) is 15.0 Å². The van der Waals surface area contributed by atoms with Gasteiger partial charge in [0.25, 0.3) is 11.6 Å². The summed E-state index contributed by atoms with van der Waals surface area (Å²) in [6, 6.07) is 15.2. The van der Waals surface area contributed by atoms with E-state index in [1.165, 1.54) is 18.3 Å². The van der Waals surface area contributed by atoms with Crippen LogP contribution in [0.3, 0.4) is 0 Å². The van der Waals surface area contributed by atoms with E-state index in [1.807, 2.05) is 6.07 Å². The number of aromatic nitrogens is 3. The molecule has 3 rings (SSSR count). The van der Waals surface area contributed by atoms with Crippen LogP contribution in [-0.4, -0.2) is 26.5 Å².